The molecule has 0 unspecified atom stereocenters. The highest BCUT2D eigenvalue weighted by Crippen LogP contribution is 2.41. The maximum atomic E-state index is 14.6. The van der Waals surface area contributed by atoms with Crippen LogP contribution in [-0.2, 0) is 26.4 Å². The molecule has 0 bridgehead atoms. The molecule has 0 saturated carbocycles. The van der Waals surface area contributed by atoms with Crippen LogP contribution in [-0.4, -0.2) is 7.11 Å². The van der Waals surface area contributed by atoms with Crippen LogP contribution in [0.4, 0.5) is 0 Å². The molecule has 0 N–H and O–H groups in total. The summed E-state index contributed by atoms with van der Waals surface area (Å²) in [6.07, 6.45) is 1.45. The molecule has 7 aromatic rings. The van der Waals surface area contributed by atoms with Gasteiger partial charge in [0.05, 0.1) is 12.7 Å². The highest BCUT2D eigenvalue weighted by atomic mass is 16.5. The molecule has 0 aliphatic rings. The quantitative estimate of drug-likeness (QED) is 0.114. The van der Waals surface area contributed by atoms with Crippen molar-refractivity contribution in [1.82, 2.24) is 0 Å². The van der Waals surface area contributed by atoms with Gasteiger partial charge in [-0.25, -0.2) is 0 Å². The predicted molar refractivity (Wildman–Crippen MR) is 198 cm³/mol. The van der Waals surface area contributed by atoms with Crippen molar-refractivity contribution in [1.29, 1.82) is 0 Å². The van der Waals surface area contributed by atoms with Crippen LogP contribution in [0, 0.1) is 0 Å². The zero-order chi connectivity index (χ0) is 34.8. The van der Waals surface area contributed by atoms with E-state index in [4.69, 9.17) is 28.1 Å². The van der Waals surface area contributed by atoms with Crippen molar-refractivity contribution in [2.45, 2.75) is 26.4 Å². The third-order valence-corrected chi connectivity index (χ3v) is 8.33. The van der Waals surface area contributed by atoms with Crippen LogP contribution in [0.1, 0.15) is 22.3 Å². The first-order chi connectivity index (χ1) is 25.1. The molecule has 7 rings (SSSR count). The summed E-state index contributed by atoms with van der Waals surface area (Å²) in [5, 5.41) is 0.285. The van der Waals surface area contributed by atoms with E-state index in [1.807, 2.05) is 121 Å². The fraction of sp³-hybridized carbons (Fsp3) is 0.114. The van der Waals surface area contributed by atoms with Gasteiger partial charge in [0.2, 0.25) is 5.43 Å². The van der Waals surface area contributed by atoms with Crippen LogP contribution in [0.5, 0.6) is 28.7 Å². The Balaban J connectivity index is 1.30. The first-order valence-corrected chi connectivity index (χ1v) is 16.6. The molecule has 0 radical (unpaired) electrons. The van der Waals surface area contributed by atoms with E-state index in [9.17, 15) is 4.79 Å². The SMILES string of the molecule is COc1cc(-c2coc3cc(OCc4ccccc4)cc(OCc4ccccc4)c3c2=O)c(OCc2ccccc2)cc1OCc1ccccc1. The van der Waals surface area contributed by atoms with Gasteiger partial charge in [0.1, 0.15) is 60.9 Å². The largest absolute Gasteiger partial charge is 0.493 e. The number of ether oxygens (including phenoxy) is 5. The summed E-state index contributed by atoms with van der Waals surface area (Å²) in [6, 6.07) is 46.3. The van der Waals surface area contributed by atoms with Gasteiger partial charge in [-0.3, -0.25) is 4.79 Å². The zero-order valence-electron chi connectivity index (χ0n) is 28.1. The lowest BCUT2D eigenvalue weighted by molar-refractivity contribution is 0.275. The van der Waals surface area contributed by atoms with E-state index in [-0.39, 0.29) is 29.6 Å². The van der Waals surface area contributed by atoms with Gasteiger partial charge in [-0.05, 0) is 28.3 Å². The van der Waals surface area contributed by atoms with E-state index in [0.29, 0.717) is 53.1 Å². The topological polar surface area (TPSA) is 76.4 Å². The van der Waals surface area contributed by atoms with E-state index >= 15 is 0 Å². The summed E-state index contributed by atoms with van der Waals surface area (Å²) in [4.78, 5) is 14.6. The van der Waals surface area contributed by atoms with Gasteiger partial charge in [-0.15, -0.1) is 0 Å². The lowest BCUT2D eigenvalue weighted by Crippen LogP contribution is -2.10. The minimum atomic E-state index is -0.293. The molecule has 51 heavy (non-hydrogen) atoms. The van der Waals surface area contributed by atoms with Gasteiger partial charge in [-0.1, -0.05) is 121 Å². The van der Waals surface area contributed by atoms with Crippen molar-refractivity contribution in [3.8, 4) is 39.9 Å². The summed E-state index contributed by atoms with van der Waals surface area (Å²) in [5.41, 5.74) is 4.74. The molecule has 6 aromatic carbocycles. The average Bonchev–Trinajstić information content (AvgIpc) is 3.19. The van der Waals surface area contributed by atoms with Crippen molar-refractivity contribution >= 4 is 11.0 Å². The molecule has 0 saturated heterocycles. The summed E-state index contributed by atoms with van der Waals surface area (Å²) < 4.78 is 37.1. The number of hydrogen-bond donors (Lipinski definition) is 0. The number of benzene rings is 6. The molecule has 1 heterocycles. The second-order valence-corrected chi connectivity index (χ2v) is 11.9. The first-order valence-electron chi connectivity index (χ1n) is 16.6. The Morgan fingerprint density at radius 2 is 0.941 bits per heavy atom. The highest BCUT2D eigenvalue weighted by molar-refractivity contribution is 5.89. The number of hydrogen-bond acceptors (Lipinski definition) is 7. The van der Waals surface area contributed by atoms with Crippen LogP contribution in [0.3, 0.4) is 0 Å². The summed E-state index contributed by atoms with van der Waals surface area (Å²) in [7, 11) is 1.56. The van der Waals surface area contributed by atoms with E-state index in [1.54, 1.807) is 31.4 Å². The molecule has 0 spiro atoms. The van der Waals surface area contributed by atoms with Gasteiger partial charge in [0.15, 0.2) is 11.5 Å². The van der Waals surface area contributed by atoms with Gasteiger partial charge in [0.25, 0.3) is 0 Å². The predicted octanol–water partition coefficient (Wildman–Crippen LogP) is 9.78. The molecule has 0 fully saturated rings. The number of methoxy groups -OCH3 is 1. The molecule has 7 nitrogen and oxygen atoms in total. The van der Waals surface area contributed by atoms with Gasteiger partial charge in [-0.2, -0.15) is 0 Å². The summed E-state index contributed by atoms with van der Waals surface area (Å²) in [5.74, 6) is 2.21. The maximum Gasteiger partial charge on any atom is 0.204 e. The van der Waals surface area contributed by atoms with E-state index < -0.39 is 0 Å². The fourth-order valence-electron chi connectivity index (χ4n) is 5.67. The normalized spacial score (nSPS) is 10.8. The average molecular weight is 677 g/mol. The van der Waals surface area contributed by atoms with Gasteiger partial charge in [0, 0.05) is 23.8 Å². The van der Waals surface area contributed by atoms with Crippen molar-refractivity contribution in [3.63, 3.8) is 0 Å². The fourth-order valence-corrected chi connectivity index (χ4v) is 5.67. The van der Waals surface area contributed by atoms with Crippen molar-refractivity contribution in [2.75, 3.05) is 7.11 Å². The van der Waals surface area contributed by atoms with Crippen LogP contribution in [0.15, 0.2) is 161 Å². The van der Waals surface area contributed by atoms with Crippen molar-refractivity contribution < 1.29 is 28.1 Å². The van der Waals surface area contributed by atoms with E-state index in [1.165, 1.54) is 6.26 Å². The molecule has 0 atom stereocenters. The van der Waals surface area contributed by atoms with E-state index in [0.717, 1.165) is 22.3 Å². The molecule has 0 aliphatic carbocycles. The minimum Gasteiger partial charge on any atom is -0.493 e. The monoisotopic (exact) mass is 676 g/mol. The van der Waals surface area contributed by atoms with Crippen LogP contribution < -0.4 is 29.1 Å². The number of rotatable bonds is 14. The molecule has 1 aromatic heterocycles. The Morgan fingerprint density at radius 3 is 1.45 bits per heavy atom. The Labute approximate surface area is 296 Å². The second-order valence-electron chi connectivity index (χ2n) is 11.9. The zero-order valence-corrected chi connectivity index (χ0v) is 28.1. The minimum absolute atomic E-state index is 0.244. The third-order valence-electron chi connectivity index (χ3n) is 8.33. The molecule has 7 heteroatoms. The van der Waals surface area contributed by atoms with E-state index in [2.05, 4.69) is 0 Å². The number of fused-ring (bicyclic) bond motifs is 1. The molecular formula is C44H36O7. The van der Waals surface area contributed by atoms with Gasteiger partial charge >= 0.3 is 0 Å². The van der Waals surface area contributed by atoms with Crippen LogP contribution in [0.25, 0.3) is 22.1 Å². The lowest BCUT2D eigenvalue weighted by atomic mass is 10.0. The molecular weight excluding hydrogens is 640 g/mol. The van der Waals surface area contributed by atoms with Crippen molar-refractivity contribution in [3.05, 3.63) is 184 Å². The smallest absolute Gasteiger partial charge is 0.204 e. The molecule has 254 valence electrons. The second kappa shape index (κ2) is 15.8. The highest BCUT2D eigenvalue weighted by Gasteiger charge is 2.22. The van der Waals surface area contributed by atoms with Crippen LogP contribution >= 0.6 is 0 Å². The molecule has 0 aliphatic heterocycles. The lowest BCUT2D eigenvalue weighted by Gasteiger charge is -2.18. The standard InChI is InChI=1S/C44H36O7/c1-46-39-24-36(38(48-27-32-16-8-3-9-17-32)25-40(39)49-28-33-18-10-4-11-19-33)37-30-51-42-23-35(47-26-31-14-6-2-7-15-31)22-41(43(42)44(37)45)50-29-34-20-12-5-13-21-34/h2-25,30H,26-29H2,1H3. The Kier molecular flexibility index (Phi) is 10.3. The Morgan fingerprint density at radius 1 is 0.471 bits per heavy atom. The maximum absolute atomic E-state index is 14.6. The first kappa shape index (κ1) is 33.0. The summed E-state index contributed by atoms with van der Waals surface area (Å²) in [6.45, 7) is 1.18. The van der Waals surface area contributed by atoms with Crippen LogP contribution in [0.2, 0.25) is 0 Å². The van der Waals surface area contributed by atoms with Gasteiger partial charge < -0.3 is 28.1 Å². The third kappa shape index (κ3) is 8.06. The molecule has 0 amide bonds. The Bertz CT molecular complexity index is 2250. The van der Waals surface area contributed by atoms with Crippen molar-refractivity contribution in [2.24, 2.45) is 0 Å². The summed E-state index contributed by atoms with van der Waals surface area (Å²) >= 11 is 0. The Hall–Kier alpha value is -6.47.